The van der Waals surface area contributed by atoms with Crippen LogP contribution >= 0.6 is 0 Å². The third kappa shape index (κ3) is 5.39. The molecule has 20 heavy (non-hydrogen) atoms. The van der Waals surface area contributed by atoms with Gasteiger partial charge >= 0.3 is 12.0 Å². The Balaban J connectivity index is 1.83. The van der Waals surface area contributed by atoms with E-state index in [0.29, 0.717) is 18.3 Å². The SMILES string of the molecule is CC(C)(CCC(=O)O)NC(=O)N(CC1CC1)CC1CC1. The highest BCUT2D eigenvalue weighted by molar-refractivity contribution is 5.75. The van der Waals surface area contributed by atoms with Gasteiger partial charge in [0.1, 0.15) is 0 Å². The van der Waals surface area contributed by atoms with Crippen molar-refractivity contribution in [3.63, 3.8) is 0 Å². The maximum Gasteiger partial charge on any atom is 0.317 e. The summed E-state index contributed by atoms with van der Waals surface area (Å²) in [6, 6.07) is -0.0285. The number of carbonyl (C=O) groups excluding carboxylic acids is 1. The number of carbonyl (C=O) groups is 2. The average molecular weight is 282 g/mol. The van der Waals surface area contributed by atoms with Crippen molar-refractivity contribution in [1.82, 2.24) is 10.2 Å². The van der Waals surface area contributed by atoms with Crippen LogP contribution in [-0.4, -0.2) is 40.6 Å². The molecule has 0 unspecified atom stereocenters. The van der Waals surface area contributed by atoms with E-state index in [-0.39, 0.29) is 12.5 Å². The fourth-order valence-corrected chi connectivity index (χ4v) is 2.32. The van der Waals surface area contributed by atoms with Crippen molar-refractivity contribution in [2.24, 2.45) is 11.8 Å². The highest BCUT2D eigenvalue weighted by atomic mass is 16.4. The number of amides is 2. The van der Waals surface area contributed by atoms with E-state index in [2.05, 4.69) is 5.32 Å². The quantitative estimate of drug-likeness (QED) is 0.718. The maximum absolute atomic E-state index is 12.4. The Hall–Kier alpha value is -1.26. The van der Waals surface area contributed by atoms with Gasteiger partial charge in [-0.1, -0.05) is 0 Å². The third-order valence-corrected chi connectivity index (χ3v) is 4.05. The zero-order chi connectivity index (χ0) is 14.8. The molecular weight excluding hydrogens is 256 g/mol. The van der Waals surface area contributed by atoms with Gasteiger partial charge in [-0.2, -0.15) is 0 Å². The summed E-state index contributed by atoms with van der Waals surface area (Å²) in [5.74, 6) is 0.545. The van der Waals surface area contributed by atoms with Crippen LogP contribution in [0.4, 0.5) is 4.79 Å². The Bertz CT molecular complexity index is 359. The maximum atomic E-state index is 12.4. The van der Waals surface area contributed by atoms with E-state index in [1.165, 1.54) is 25.7 Å². The van der Waals surface area contributed by atoms with Crippen LogP contribution in [0.15, 0.2) is 0 Å². The minimum Gasteiger partial charge on any atom is -0.481 e. The first-order valence-corrected chi connectivity index (χ1v) is 7.64. The molecule has 0 aromatic heterocycles. The standard InChI is InChI=1S/C15H26N2O3/c1-15(2,8-7-13(18)19)16-14(20)17(9-11-3-4-11)10-12-5-6-12/h11-12H,3-10H2,1-2H3,(H,16,20)(H,18,19). The van der Waals surface area contributed by atoms with Gasteiger partial charge in [0.05, 0.1) is 0 Å². The van der Waals surface area contributed by atoms with Crippen molar-refractivity contribution < 1.29 is 14.7 Å². The largest absolute Gasteiger partial charge is 0.481 e. The lowest BCUT2D eigenvalue weighted by atomic mass is 9.99. The summed E-state index contributed by atoms with van der Waals surface area (Å²) in [7, 11) is 0. The second-order valence-electron chi connectivity index (χ2n) is 7.00. The first kappa shape index (κ1) is 15.1. The molecule has 0 atom stereocenters. The Morgan fingerprint density at radius 1 is 1.15 bits per heavy atom. The first-order chi connectivity index (χ1) is 9.35. The molecule has 5 heteroatoms. The molecule has 0 aromatic rings. The average Bonchev–Trinajstić information content (AvgIpc) is 3.19. The van der Waals surface area contributed by atoms with Crippen molar-refractivity contribution >= 4 is 12.0 Å². The van der Waals surface area contributed by atoms with Gasteiger partial charge in [-0.05, 0) is 57.8 Å². The van der Waals surface area contributed by atoms with Crippen LogP contribution in [0, 0.1) is 11.8 Å². The topological polar surface area (TPSA) is 69.6 Å². The molecule has 0 aromatic carbocycles. The van der Waals surface area contributed by atoms with Crippen LogP contribution in [0.1, 0.15) is 52.4 Å². The molecule has 0 heterocycles. The summed E-state index contributed by atoms with van der Waals surface area (Å²) in [5.41, 5.74) is -0.471. The molecule has 0 spiro atoms. The van der Waals surface area contributed by atoms with E-state index in [0.717, 1.165) is 13.1 Å². The predicted octanol–water partition coefficient (Wildman–Crippen LogP) is 2.46. The normalized spacial score (nSPS) is 18.7. The highest BCUT2D eigenvalue weighted by Crippen LogP contribution is 2.33. The summed E-state index contributed by atoms with van der Waals surface area (Å²) in [4.78, 5) is 25.0. The molecular formula is C15H26N2O3. The molecule has 0 bridgehead atoms. The van der Waals surface area contributed by atoms with Crippen molar-refractivity contribution in [1.29, 1.82) is 0 Å². The van der Waals surface area contributed by atoms with E-state index in [4.69, 9.17) is 5.11 Å². The zero-order valence-corrected chi connectivity index (χ0v) is 12.5. The number of carboxylic acids is 1. The number of urea groups is 1. The van der Waals surface area contributed by atoms with Gasteiger partial charge in [0.25, 0.3) is 0 Å². The Labute approximate surface area is 120 Å². The van der Waals surface area contributed by atoms with Crippen LogP contribution in [0.2, 0.25) is 0 Å². The first-order valence-electron chi connectivity index (χ1n) is 7.64. The van der Waals surface area contributed by atoms with Crippen molar-refractivity contribution in [2.75, 3.05) is 13.1 Å². The van der Waals surface area contributed by atoms with E-state index < -0.39 is 11.5 Å². The molecule has 2 rings (SSSR count). The van der Waals surface area contributed by atoms with Crippen LogP contribution in [0.3, 0.4) is 0 Å². The number of nitrogens with zero attached hydrogens (tertiary/aromatic N) is 1. The minimum atomic E-state index is -0.819. The molecule has 2 amide bonds. The summed E-state index contributed by atoms with van der Waals surface area (Å²) >= 11 is 0. The molecule has 2 saturated carbocycles. The van der Waals surface area contributed by atoms with Gasteiger partial charge in [0, 0.05) is 25.0 Å². The fraction of sp³-hybridized carbons (Fsp3) is 0.867. The van der Waals surface area contributed by atoms with Crippen LogP contribution in [0.25, 0.3) is 0 Å². The van der Waals surface area contributed by atoms with Gasteiger partial charge in [-0.25, -0.2) is 4.79 Å². The van der Waals surface area contributed by atoms with E-state index >= 15 is 0 Å². The molecule has 2 aliphatic carbocycles. The van der Waals surface area contributed by atoms with Gasteiger partial charge in [0.2, 0.25) is 0 Å². The molecule has 5 nitrogen and oxygen atoms in total. The molecule has 0 aliphatic heterocycles. The predicted molar refractivity (Wildman–Crippen MR) is 76.5 cm³/mol. The second-order valence-corrected chi connectivity index (χ2v) is 7.00. The number of hydrogen-bond donors (Lipinski definition) is 2. The Morgan fingerprint density at radius 2 is 1.65 bits per heavy atom. The molecule has 2 N–H and O–H groups in total. The highest BCUT2D eigenvalue weighted by Gasteiger charge is 2.33. The smallest absolute Gasteiger partial charge is 0.317 e. The Morgan fingerprint density at radius 3 is 2.05 bits per heavy atom. The summed E-state index contributed by atoms with van der Waals surface area (Å²) < 4.78 is 0. The van der Waals surface area contributed by atoms with Crippen LogP contribution in [-0.2, 0) is 4.79 Å². The zero-order valence-electron chi connectivity index (χ0n) is 12.5. The summed E-state index contributed by atoms with van der Waals surface area (Å²) in [5, 5.41) is 11.8. The number of carboxylic acid groups (broad SMARTS) is 1. The number of nitrogens with one attached hydrogen (secondary N) is 1. The van der Waals surface area contributed by atoms with E-state index in [1.54, 1.807) is 0 Å². The lowest BCUT2D eigenvalue weighted by Crippen LogP contribution is -2.51. The van der Waals surface area contributed by atoms with Crippen molar-refractivity contribution in [3.8, 4) is 0 Å². The molecule has 2 aliphatic rings. The van der Waals surface area contributed by atoms with Gasteiger partial charge in [-0.15, -0.1) is 0 Å². The van der Waals surface area contributed by atoms with Crippen molar-refractivity contribution in [2.45, 2.75) is 57.9 Å². The number of rotatable bonds is 8. The molecule has 0 saturated heterocycles. The Kier molecular flexibility index (Phi) is 4.55. The van der Waals surface area contributed by atoms with E-state index in [1.807, 2.05) is 18.7 Å². The monoisotopic (exact) mass is 282 g/mol. The van der Waals surface area contributed by atoms with Gasteiger partial charge in [-0.3, -0.25) is 4.79 Å². The van der Waals surface area contributed by atoms with Crippen molar-refractivity contribution in [3.05, 3.63) is 0 Å². The van der Waals surface area contributed by atoms with Gasteiger partial charge in [0.15, 0.2) is 0 Å². The molecule has 2 fully saturated rings. The minimum absolute atomic E-state index is 0.0285. The third-order valence-electron chi connectivity index (χ3n) is 4.05. The van der Waals surface area contributed by atoms with Gasteiger partial charge < -0.3 is 15.3 Å². The fourth-order valence-electron chi connectivity index (χ4n) is 2.32. The summed E-state index contributed by atoms with van der Waals surface area (Å²) in [6.07, 6.45) is 5.47. The van der Waals surface area contributed by atoms with Crippen LogP contribution in [0.5, 0.6) is 0 Å². The number of aliphatic carboxylic acids is 1. The molecule has 114 valence electrons. The lowest BCUT2D eigenvalue weighted by molar-refractivity contribution is -0.137. The molecule has 0 radical (unpaired) electrons. The second kappa shape index (κ2) is 6.02. The summed E-state index contributed by atoms with van der Waals surface area (Å²) in [6.45, 7) is 5.50. The lowest BCUT2D eigenvalue weighted by Gasteiger charge is -2.31. The number of hydrogen-bond acceptors (Lipinski definition) is 2. The van der Waals surface area contributed by atoms with E-state index in [9.17, 15) is 9.59 Å². The van der Waals surface area contributed by atoms with Crippen LogP contribution < -0.4 is 5.32 Å².